The molecule has 70 valence electrons. The third-order valence-electron chi connectivity index (χ3n) is 1.32. The van der Waals surface area contributed by atoms with Gasteiger partial charge >= 0.3 is 11.9 Å². The van der Waals surface area contributed by atoms with Crippen LogP contribution in [-0.4, -0.2) is 34.7 Å². The molecule has 0 fully saturated rings. The zero-order chi connectivity index (χ0) is 9.56. The van der Waals surface area contributed by atoms with Crippen LogP contribution in [0.2, 0.25) is 0 Å². The first kappa shape index (κ1) is 10.9. The minimum atomic E-state index is -1.12. The fourth-order valence-corrected chi connectivity index (χ4v) is 0.740. The van der Waals surface area contributed by atoms with Crippen molar-refractivity contribution in [3.8, 4) is 0 Å². The second-order valence-electron chi connectivity index (χ2n) is 2.44. The van der Waals surface area contributed by atoms with E-state index in [1.54, 1.807) is 0 Å². The van der Waals surface area contributed by atoms with Crippen molar-refractivity contribution in [2.45, 2.75) is 25.8 Å². The summed E-state index contributed by atoms with van der Waals surface area (Å²) in [6.07, 6.45) is 0.402. The van der Waals surface area contributed by atoms with Crippen LogP contribution in [0.5, 0.6) is 0 Å². The highest BCUT2D eigenvalue weighted by atomic mass is 16.4. The predicted octanol–water partition coefficient (Wildman–Crippen LogP) is -0.0861. The second kappa shape index (κ2) is 5.54. The Kier molecular flexibility index (Phi) is 5.03. The maximum absolute atomic E-state index is 10.4. The molecule has 0 aliphatic heterocycles. The van der Waals surface area contributed by atoms with Gasteiger partial charge in [0.1, 0.15) is 6.04 Å². The van der Waals surface area contributed by atoms with Crippen LogP contribution < -0.4 is 5.32 Å². The lowest BCUT2D eigenvalue weighted by Crippen LogP contribution is -2.38. The third kappa shape index (κ3) is 4.68. The summed E-state index contributed by atoms with van der Waals surface area (Å²) in [5, 5.41) is 19.5. The molecular formula is C7H13NO4. The molecule has 0 bridgehead atoms. The van der Waals surface area contributed by atoms with Crippen LogP contribution in [0.1, 0.15) is 19.8 Å². The average Bonchev–Trinajstić information content (AvgIpc) is 1.96. The highest BCUT2D eigenvalue weighted by molar-refractivity contribution is 5.80. The second-order valence-corrected chi connectivity index (χ2v) is 2.44. The maximum Gasteiger partial charge on any atom is 0.321 e. The van der Waals surface area contributed by atoms with Crippen molar-refractivity contribution in [2.75, 3.05) is 6.54 Å². The van der Waals surface area contributed by atoms with Crippen LogP contribution in [-0.2, 0) is 9.59 Å². The van der Waals surface area contributed by atoms with Crippen molar-refractivity contribution >= 4 is 11.9 Å². The number of carboxylic acid groups (broad SMARTS) is 2. The van der Waals surface area contributed by atoms with E-state index in [0.29, 0.717) is 6.54 Å². The molecule has 1 unspecified atom stereocenters. The van der Waals surface area contributed by atoms with Gasteiger partial charge in [0.2, 0.25) is 0 Å². The van der Waals surface area contributed by atoms with E-state index < -0.39 is 18.0 Å². The zero-order valence-corrected chi connectivity index (χ0v) is 6.91. The molecule has 0 aliphatic carbocycles. The number of rotatable bonds is 6. The predicted molar refractivity (Wildman–Crippen MR) is 42.0 cm³/mol. The van der Waals surface area contributed by atoms with Gasteiger partial charge in [0.05, 0.1) is 6.42 Å². The van der Waals surface area contributed by atoms with Gasteiger partial charge in [-0.15, -0.1) is 0 Å². The van der Waals surface area contributed by atoms with Crippen LogP contribution in [0.4, 0.5) is 0 Å². The van der Waals surface area contributed by atoms with E-state index in [4.69, 9.17) is 10.2 Å². The van der Waals surface area contributed by atoms with E-state index in [1.165, 1.54) is 0 Å². The van der Waals surface area contributed by atoms with Gasteiger partial charge in [-0.2, -0.15) is 0 Å². The quantitative estimate of drug-likeness (QED) is 0.525. The normalized spacial score (nSPS) is 12.4. The molecule has 0 aromatic carbocycles. The number of hydrogen-bond donors (Lipinski definition) is 3. The molecule has 0 aromatic rings. The van der Waals surface area contributed by atoms with Gasteiger partial charge in [0, 0.05) is 0 Å². The lowest BCUT2D eigenvalue weighted by atomic mass is 10.2. The van der Waals surface area contributed by atoms with Crippen LogP contribution in [0.15, 0.2) is 0 Å². The summed E-state index contributed by atoms with van der Waals surface area (Å²) < 4.78 is 0. The minimum absolute atomic E-state index is 0.380. The Labute approximate surface area is 70.4 Å². The first-order valence-corrected chi connectivity index (χ1v) is 3.76. The van der Waals surface area contributed by atoms with Crippen molar-refractivity contribution in [1.29, 1.82) is 0 Å². The standard InChI is InChI=1S/C7H13NO4/c1-2-3-8-5(7(11)12)4-6(9)10/h5,8H,2-4H2,1H3,(H,9,10)(H,11,12). The van der Waals surface area contributed by atoms with Crippen LogP contribution in [0, 0.1) is 0 Å². The summed E-state index contributed by atoms with van der Waals surface area (Å²) in [7, 11) is 0. The summed E-state index contributed by atoms with van der Waals surface area (Å²) in [5.74, 6) is -2.23. The molecule has 5 heteroatoms. The van der Waals surface area contributed by atoms with E-state index in [2.05, 4.69) is 5.32 Å². The fraction of sp³-hybridized carbons (Fsp3) is 0.714. The Morgan fingerprint density at radius 3 is 2.33 bits per heavy atom. The molecule has 0 saturated heterocycles. The summed E-state index contributed by atoms with van der Waals surface area (Å²) in [6, 6.07) is -0.970. The van der Waals surface area contributed by atoms with Crippen LogP contribution >= 0.6 is 0 Å². The van der Waals surface area contributed by atoms with Crippen molar-refractivity contribution in [3.05, 3.63) is 0 Å². The van der Waals surface area contributed by atoms with E-state index in [1.807, 2.05) is 6.92 Å². The summed E-state index contributed by atoms with van der Waals surface area (Å²) in [4.78, 5) is 20.6. The number of carboxylic acids is 2. The molecule has 0 amide bonds. The van der Waals surface area contributed by atoms with Crippen LogP contribution in [0.3, 0.4) is 0 Å². The topological polar surface area (TPSA) is 86.6 Å². The summed E-state index contributed by atoms with van der Waals surface area (Å²) >= 11 is 0. The van der Waals surface area contributed by atoms with Gasteiger partial charge < -0.3 is 15.5 Å². The number of carbonyl (C=O) groups is 2. The van der Waals surface area contributed by atoms with E-state index in [-0.39, 0.29) is 6.42 Å². The molecule has 0 rings (SSSR count). The molecule has 0 radical (unpaired) electrons. The SMILES string of the molecule is CCCNC(CC(=O)O)C(=O)O. The van der Waals surface area contributed by atoms with Gasteiger partial charge in [-0.3, -0.25) is 9.59 Å². The molecule has 0 heterocycles. The third-order valence-corrected chi connectivity index (χ3v) is 1.32. The number of hydrogen-bond acceptors (Lipinski definition) is 3. The molecule has 0 aromatic heterocycles. The lowest BCUT2D eigenvalue weighted by Gasteiger charge is -2.10. The Hall–Kier alpha value is -1.10. The molecule has 0 aliphatic rings. The van der Waals surface area contributed by atoms with Crippen molar-refractivity contribution < 1.29 is 19.8 Å². The molecular weight excluding hydrogens is 162 g/mol. The highest BCUT2D eigenvalue weighted by Gasteiger charge is 2.19. The van der Waals surface area contributed by atoms with Crippen molar-refractivity contribution in [1.82, 2.24) is 5.32 Å². The highest BCUT2D eigenvalue weighted by Crippen LogP contribution is 1.92. The molecule has 1 atom stereocenters. The van der Waals surface area contributed by atoms with E-state index >= 15 is 0 Å². The van der Waals surface area contributed by atoms with Crippen molar-refractivity contribution in [3.63, 3.8) is 0 Å². The van der Waals surface area contributed by atoms with Crippen molar-refractivity contribution in [2.24, 2.45) is 0 Å². The number of nitrogens with one attached hydrogen (secondary N) is 1. The van der Waals surface area contributed by atoms with Gasteiger partial charge in [-0.1, -0.05) is 6.92 Å². The van der Waals surface area contributed by atoms with Gasteiger partial charge in [0.15, 0.2) is 0 Å². The van der Waals surface area contributed by atoms with Crippen LogP contribution in [0.25, 0.3) is 0 Å². The maximum atomic E-state index is 10.4. The molecule has 5 nitrogen and oxygen atoms in total. The summed E-state index contributed by atoms with van der Waals surface area (Å²) in [5.41, 5.74) is 0. The number of aliphatic carboxylic acids is 2. The first-order chi connectivity index (χ1) is 5.57. The zero-order valence-electron chi connectivity index (χ0n) is 6.91. The Balaban J connectivity index is 3.87. The molecule has 3 N–H and O–H groups in total. The van der Waals surface area contributed by atoms with E-state index in [9.17, 15) is 9.59 Å². The molecule has 0 spiro atoms. The largest absolute Gasteiger partial charge is 0.481 e. The Bertz CT molecular complexity index is 169. The molecule has 0 saturated carbocycles. The first-order valence-electron chi connectivity index (χ1n) is 3.76. The van der Waals surface area contributed by atoms with Gasteiger partial charge in [-0.05, 0) is 13.0 Å². The minimum Gasteiger partial charge on any atom is -0.481 e. The molecule has 12 heavy (non-hydrogen) atoms. The monoisotopic (exact) mass is 175 g/mol. The van der Waals surface area contributed by atoms with Gasteiger partial charge in [0.25, 0.3) is 0 Å². The average molecular weight is 175 g/mol. The Morgan fingerprint density at radius 1 is 1.42 bits per heavy atom. The lowest BCUT2D eigenvalue weighted by molar-refractivity contribution is -0.145. The van der Waals surface area contributed by atoms with E-state index in [0.717, 1.165) is 6.42 Å². The Morgan fingerprint density at radius 2 is 2.00 bits per heavy atom. The van der Waals surface area contributed by atoms with Gasteiger partial charge in [-0.25, -0.2) is 0 Å². The summed E-state index contributed by atoms with van der Waals surface area (Å²) in [6.45, 7) is 2.40. The smallest absolute Gasteiger partial charge is 0.321 e. The fourth-order valence-electron chi connectivity index (χ4n) is 0.740.